The highest BCUT2D eigenvalue weighted by Gasteiger charge is 2.24. The van der Waals surface area contributed by atoms with Gasteiger partial charge in [-0.2, -0.15) is 5.10 Å². The van der Waals surface area contributed by atoms with Gasteiger partial charge < -0.3 is 20.6 Å². The van der Waals surface area contributed by atoms with E-state index in [1.54, 1.807) is 4.57 Å². The van der Waals surface area contributed by atoms with E-state index >= 15 is 0 Å². The summed E-state index contributed by atoms with van der Waals surface area (Å²) in [5.74, 6) is 16.5. The van der Waals surface area contributed by atoms with Crippen LogP contribution in [0.3, 0.4) is 0 Å². The molecule has 0 amide bonds. The zero-order valence-corrected chi connectivity index (χ0v) is 19.8. The Labute approximate surface area is 203 Å². The zero-order chi connectivity index (χ0) is 24.5. The van der Waals surface area contributed by atoms with E-state index in [4.69, 9.17) is 33.9 Å². The average molecular weight is 488 g/mol. The Balaban J connectivity index is 1.89. The van der Waals surface area contributed by atoms with Gasteiger partial charge in [0.25, 0.3) is 0 Å². The van der Waals surface area contributed by atoms with Gasteiger partial charge >= 0.3 is 5.97 Å². The van der Waals surface area contributed by atoms with Crippen molar-refractivity contribution in [1.29, 1.82) is 0 Å². The van der Waals surface area contributed by atoms with Crippen LogP contribution in [0.15, 0.2) is 47.1 Å². The van der Waals surface area contributed by atoms with Crippen LogP contribution in [0.2, 0.25) is 5.15 Å². The molecular weight excluding hydrogens is 458 g/mol. The first-order chi connectivity index (χ1) is 16.5. The number of aromatic nitrogens is 2. The topological polar surface area (TPSA) is 156 Å². The predicted octanol–water partition coefficient (Wildman–Crippen LogP) is 2.77. The van der Waals surface area contributed by atoms with Crippen molar-refractivity contribution in [2.75, 3.05) is 6.79 Å². The quantitative estimate of drug-likeness (QED) is 0.0994. The molecule has 2 aromatic rings. The van der Waals surface area contributed by atoms with Crippen LogP contribution in [-0.2, 0) is 22.5 Å². The van der Waals surface area contributed by atoms with Crippen molar-refractivity contribution < 1.29 is 14.4 Å². The normalized spacial score (nSPS) is 13.9. The maximum atomic E-state index is 12.6. The number of rotatable bonds is 10. The van der Waals surface area contributed by atoms with Gasteiger partial charge in [0.1, 0.15) is 5.82 Å². The number of allylic oxidation sites excluding steroid dienone is 2. The van der Waals surface area contributed by atoms with Gasteiger partial charge in [-0.15, -0.1) is 0 Å². The highest BCUT2D eigenvalue weighted by molar-refractivity contribution is 6.32. The number of halogens is 1. The lowest BCUT2D eigenvalue weighted by Gasteiger charge is -2.18. The van der Waals surface area contributed by atoms with Gasteiger partial charge in [0, 0.05) is 18.5 Å². The van der Waals surface area contributed by atoms with Crippen molar-refractivity contribution in [1.82, 2.24) is 15.0 Å². The van der Waals surface area contributed by atoms with E-state index in [1.165, 1.54) is 0 Å². The summed E-state index contributed by atoms with van der Waals surface area (Å²) < 4.78 is 6.81. The molecule has 0 fully saturated rings. The molecule has 182 valence electrons. The van der Waals surface area contributed by atoms with E-state index in [0.717, 1.165) is 53.8 Å². The molecule has 10 nitrogen and oxygen atoms in total. The van der Waals surface area contributed by atoms with Crippen molar-refractivity contribution in [3.63, 3.8) is 0 Å². The fourth-order valence-corrected chi connectivity index (χ4v) is 4.12. The highest BCUT2D eigenvalue weighted by Crippen LogP contribution is 2.29. The van der Waals surface area contributed by atoms with Crippen LogP contribution in [-0.4, -0.2) is 28.1 Å². The Morgan fingerprint density at radius 3 is 2.65 bits per heavy atom. The number of aryl methyl sites for hydroxylation is 1. The lowest BCUT2D eigenvalue weighted by molar-refractivity contribution is -0.0333. The molecule has 0 saturated heterocycles. The molecule has 1 aliphatic rings. The number of nitrogens with one attached hydrogen (secondary N) is 1. The van der Waals surface area contributed by atoms with Gasteiger partial charge in [0.15, 0.2) is 16.7 Å². The Morgan fingerprint density at radius 1 is 1.26 bits per heavy atom. The summed E-state index contributed by atoms with van der Waals surface area (Å²) in [4.78, 5) is 21.4. The van der Waals surface area contributed by atoms with Crippen LogP contribution in [0, 0.1) is 0 Å². The number of hydrazine groups is 1. The monoisotopic (exact) mass is 487 g/mol. The molecule has 34 heavy (non-hydrogen) atoms. The number of esters is 1. The summed E-state index contributed by atoms with van der Waals surface area (Å²) in [5.41, 5.74) is 6.55. The minimum Gasteiger partial charge on any atom is -0.432 e. The van der Waals surface area contributed by atoms with Crippen LogP contribution in [0.5, 0.6) is 0 Å². The third-order valence-electron chi connectivity index (χ3n) is 5.49. The van der Waals surface area contributed by atoms with Crippen LogP contribution in [0.25, 0.3) is 5.57 Å². The van der Waals surface area contributed by atoms with Gasteiger partial charge in [-0.05, 0) is 36.0 Å². The number of amidine groups is 1. The number of hydrogen-bond donors (Lipinski definition) is 4. The summed E-state index contributed by atoms with van der Waals surface area (Å²) in [6.45, 7) is 2.11. The molecule has 1 aromatic heterocycles. The average Bonchev–Trinajstić information content (AvgIpc) is 3.17. The molecule has 0 atom stereocenters. The molecule has 1 aromatic carbocycles. The summed E-state index contributed by atoms with van der Waals surface area (Å²) in [7, 11) is 0. The van der Waals surface area contributed by atoms with E-state index in [9.17, 15) is 4.79 Å². The maximum absolute atomic E-state index is 12.6. The smallest absolute Gasteiger partial charge is 0.360 e. The van der Waals surface area contributed by atoms with Gasteiger partial charge in [-0.3, -0.25) is 4.84 Å². The molecule has 3 rings (SSSR count). The summed E-state index contributed by atoms with van der Waals surface area (Å²) >= 11 is 6.31. The van der Waals surface area contributed by atoms with Gasteiger partial charge in [0.05, 0.1) is 0 Å². The number of nitrogens with zero attached hydrogens (tertiary/aromatic N) is 3. The highest BCUT2D eigenvalue weighted by atomic mass is 35.5. The van der Waals surface area contributed by atoms with E-state index in [1.807, 2.05) is 24.3 Å². The molecule has 0 spiro atoms. The number of imidazole rings is 1. The molecule has 0 unspecified atom stereocenters. The molecule has 0 aliphatic heterocycles. The molecule has 1 aliphatic carbocycles. The second kappa shape index (κ2) is 12.3. The fraction of sp³-hybridized carbons (Fsp3) is 0.348. The number of unbranched alkanes of at least 4 members (excludes halogenated alkanes) is 1. The standard InChI is InChI=1S/C23H30ClN7O3/c1-2-3-8-19-28-21(24)20(23(32)33-14-34-27)31(19)13-15-9-11-16(12-10-15)17-6-4-5-7-18(17)22(29-25)30-26/h6-7,9-12H,2-5,8,13-14,25-27H2,1H3,(H,29,30). The largest absolute Gasteiger partial charge is 0.432 e. The molecule has 7 N–H and O–H groups in total. The van der Waals surface area contributed by atoms with Crippen LogP contribution in [0.1, 0.15) is 60.0 Å². The number of carbonyl (C=O) groups excluding carboxylic acids is 1. The van der Waals surface area contributed by atoms with E-state index in [2.05, 4.69) is 39.4 Å². The lowest BCUT2D eigenvalue weighted by atomic mass is 9.90. The van der Waals surface area contributed by atoms with Crippen LogP contribution in [0.4, 0.5) is 0 Å². The van der Waals surface area contributed by atoms with Crippen molar-refractivity contribution >= 4 is 29.0 Å². The molecule has 0 radical (unpaired) electrons. The molecule has 0 bridgehead atoms. The SMILES string of the molecule is CCCCc1nc(Cl)c(C(=O)OCON)n1Cc1ccc(C2=CCCC=C2/C(=N/N)NN)cc1. The Kier molecular flexibility index (Phi) is 9.23. The Morgan fingerprint density at radius 2 is 2.00 bits per heavy atom. The molecular formula is C23H30ClN7O3. The summed E-state index contributed by atoms with van der Waals surface area (Å²) in [6, 6.07) is 8.01. The van der Waals surface area contributed by atoms with Crippen LogP contribution >= 0.6 is 11.6 Å². The second-order valence-corrected chi connectivity index (χ2v) is 8.06. The number of ether oxygens (including phenoxy) is 1. The lowest BCUT2D eigenvalue weighted by Crippen LogP contribution is -2.33. The van der Waals surface area contributed by atoms with E-state index in [-0.39, 0.29) is 17.6 Å². The number of carbonyl (C=O) groups is 1. The van der Waals surface area contributed by atoms with Crippen molar-refractivity contribution in [3.8, 4) is 0 Å². The maximum Gasteiger partial charge on any atom is 0.360 e. The van der Waals surface area contributed by atoms with Crippen molar-refractivity contribution in [2.45, 2.75) is 45.6 Å². The number of hydrogen-bond acceptors (Lipinski definition) is 8. The number of benzene rings is 1. The second-order valence-electron chi connectivity index (χ2n) is 7.71. The minimum absolute atomic E-state index is 0.0924. The third-order valence-corrected chi connectivity index (χ3v) is 5.75. The summed E-state index contributed by atoms with van der Waals surface area (Å²) in [5, 5.41) is 3.84. The van der Waals surface area contributed by atoms with Crippen molar-refractivity contribution in [3.05, 3.63) is 69.8 Å². The minimum atomic E-state index is -0.646. The van der Waals surface area contributed by atoms with Crippen molar-refractivity contribution in [2.24, 2.45) is 22.7 Å². The van der Waals surface area contributed by atoms with E-state index in [0.29, 0.717) is 18.8 Å². The summed E-state index contributed by atoms with van der Waals surface area (Å²) in [6.07, 6.45) is 8.57. The number of hydrazone groups is 1. The number of nitrogens with two attached hydrogens (primary N) is 3. The first kappa shape index (κ1) is 25.4. The zero-order valence-electron chi connectivity index (χ0n) is 19.1. The van der Waals surface area contributed by atoms with Gasteiger partial charge in [-0.1, -0.05) is 61.4 Å². The molecule has 11 heteroatoms. The van der Waals surface area contributed by atoms with E-state index < -0.39 is 5.97 Å². The predicted molar refractivity (Wildman–Crippen MR) is 131 cm³/mol. The molecule has 0 saturated carbocycles. The fourth-order valence-electron chi connectivity index (χ4n) is 3.84. The molecule has 1 heterocycles. The first-order valence-corrected chi connectivity index (χ1v) is 11.4. The first-order valence-electron chi connectivity index (χ1n) is 11.0. The third kappa shape index (κ3) is 5.84. The Bertz CT molecular complexity index is 1090. The van der Waals surface area contributed by atoms with Gasteiger partial charge in [0.2, 0.25) is 6.79 Å². The van der Waals surface area contributed by atoms with Crippen LogP contribution < -0.4 is 23.0 Å². The Hall–Kier alpha value is -3.18. The van der Waals surface area contributed by atoms with Gasteiger partial charge in [-0.25, -0.2) is 21.5 Å².